The van der Waals surface area contributed by atoms with Gasteiger partial charge >= 0.3 is 0 Å². The molecule has 190 valence electrons. The van der Waals surface area contributed by atoms with Crippen molar-refractivity contribution in [2.45, 2.75) is 41.5 Å². The van der Waals surface area contributed by atoms with Gasteiger partial charge in [0.1, 0.15) is 7.05 Å². The number of fused-ring (bicyclic) bond motifs is 2. The fourth-order valence-electron chi connectivity index (χ4n) is 7.19. The highest BCUT2D eigenvalue weighted by Crippen LogP contribution is 2.21. The van der Waals surface area contributed by atoms with Gasteiger partial charge < -0.3 is 0 Å². The average Bonchev–Trinajstić information content (AvgIpc) is 2.90. The zero-order valence-electron chi connectivity index (χ0n) is 24.3. The molecule has 0 N–H and O–H groups in total. The molecule has 2 heterocycles. The predicted octanol–water partition coefficient (Wildman–Crippen LogP) is 3.37. The minimum atomic E-state index is 0.161. The van der Waals surface area contributed by atoms with E-state index in [1.807, 2.05) is 0 Å². The first-order valence-corrected chi connectivity index (χ1v) is 14.1. The van der Waals surface area contributed by atoms with E-state index in [1.54, 1.807) is 0 Å². The van der Waals surface area contributed by atoms with Crippen molar-refractivity contribution in [1.29, 1.82) is 0 Å². The van der Waals surface area contributed by atoms with Crippen LogP contribution in [0.4, 0.5) is 0 Å². The minimum Gasteiger partial charge on any atom is -0.201 e. The van der Waals surface area contributed by atoms with Crippen LogP contribution in [0.1, 0.15) is 33.4 Å². The lowest BCUT2D eigenvalue weighted by atomic mass is 9.19. The molecule has 0 saturated carbocycles. The maximum absolute atomic E-state index is 2.43. The Morgan fingerprint density at radius 1 is 0.462 bits per heavy atom. The second kappa shape index (κ2) is 9.72. The summed E-state index contributed by atoms with van der Waals surface area (Å²) in [6.07, 6.45) is 2.25. The highest BCUT2D eigenvalue weighted by molar-refractivity contribution is 7.12. The molecule has 5 aromatic rings. The van der Waals surface area contributed by atoms with Crippen LogP contribution in [0.3, 0.4) is 0 Å². The molecule has 1 aromatic heterocycles. The molecule has 1 nitrogen and oxygen atoms in total. The summed E-state index contributed by atoms with van der Waals surface area (Å²) in [7, 11) is 2.19. The van der Waals surface area contributed by atoms with E-state index in [4.69, 9.17) is 0 Å². The zero-order valence-corrected chi connectivity index (χ0v) is 24.3. The summed E-state index contributed by atoms with van der Waals surface area (Å²) >= 11 is 0. The highest BCUT2D eigenvalue weighted by atomic mass is 14.9. The quantitative estimate of drug-likeness (QED) is 0.257. The van der Waals surface area contributed by atoms with Crippen LogP contribution in [0.15, 0.2) is 91.1 Å². The van der Waals surface area contributed by atoms with Crippen LogP contribution in [0.25, 0.3) is 11.3 Å². The third-order valence-electron chi connectivity index (χ3n) is 8.90. The number of aryl methyl sites for hydroxylation is 7. The number of pyridine rings is 1. The fourth-order valence-corrected chi connectivity index (χ4v) is 7.19. The number of hydrogen-bond acceptors (Lipinski definition) is 0. The molecule has 0 fully saturated rings. The van der Waals surface area contributed by atoms with Crippen LogP contribution in [0, 0.1) is 41.5 Å². The van der Waals surface area contributed by atoms with Crippen molar-refractivity contribution in [2.75, 3.05) is 0 Å². The van der Waals surface area contributed by atoms with E-state index < -0.39 is 0 Å². The van der Waals surface area contributed by atoms with Gasteiger partial charge in [0.15, 0.2) is 6.20 Å². The molecule has 0 atom stereocenters. The third-order valence-corrected chi connectivity index (χ3v) is 8.90. The Bertz CT molecular complexity index is 1710. The number of rotatable bonds is 3. The van der Waals surface area contributed by atoms with Crippen molar-refractivity contribution in [2.24, 2.45) is 7.05 Å². The summed E-state index contributed by atoms with van der Waals surface area (Å²) in [5, 5.41) is 0. The summed E-state index contributed by atoms with van der Waals surface area (Å²) in [6, 6.07) is 32.1. The highest BCUT2D eigenvalue weighted by Gasteiger charge is 2.42. The number of aromatic nitrogens is 1. The second-order valence-electron chi connectivity index (χ2n) is 11.6. The first-order chi connectivity index (χ1) is 18.8. The van der Waals surface area contributed by atoms with E-state index in [9.17, 15) is 0 Å². The first-order valence-electron chi connectivity index (χ1n) is 14.1. The molecule has 1 aliphatic heterocycles. The Morgan fingerprint density at radius 3 is 1.56 bits per heavy atom. The SMILES string of the molecule is Cc1ccc(-c2c(C)ccc3c2B(c2c(C)cccc2C)c2ccccc2B3c2c(C)cccc2C)[n+](C)c1. The molecule has 0 saturated heterocycles. The van der Waals surface area contributed by atoms with E-state index in [1.165, 1.54) is 77.4 Å². The van der Waals surface area contributed by atoms with Crippen LogP contribution < -0.4 is 37.3 Å². The number of hydrogen-bond donors (Lipinski definition) is 0. The maximum Gasteiger partial charge on any atom is 0.241 e. The van der Waals surface area contributed by atoms with Crippen molar-refractivity contribution < 1.29 is 4.57 Å². The molecule has 4 aromatic carbocycles. The molecular formula is C36H36B2N+. The summed E-state index contributed by atoms with van der Waals surface area (Å²) in [5.74, 6) is 0. The molecule has 0 bridgehead atoms. The molecular weight excluding hydrogens is 468 g/mol. The van der Waals surface area contributed by atoms with Gasteiger partial charge in [-0.2, -0.15) is 0 Å². The molecule has 0 spiro atoms. The molecule has 3 heteroatoms. The number of nitrogens with zero attached hydrogens (tertiary/aromatic N) is 1. The van der Waals surface area contributed by atoms with Crippen molar-refractivity contribution in [3.05, 3.63) is 125 Å². The largest absolute Gasteiger partial charge is 0.241 e. The van der Waals surface area contributed by atoms with E-state index >= 15 is 0 Å². The van der Waals surface area contributed by atoms with Crippen LogP contribution in [0.2, 0.25) is 0 Å². The molecule has 39 heavy (non-hydrogen) atoms. The summed E-state index contributed by atoms with van der Waals surface area (Å²) < 4.78 is 2.31. The van der Waals surface area contributed by atoms with Gasteiger partial charge in [-0.25, -0.2) is 4.57 Å². The van der Waals surface area contributed by atoms with Gasteiger partial charge in [0.05, 0.1) is 0 Å². The molecule has 0 aliphatic carbocycles. The lowest BCUT2D eigenvalue weighted by Crippen LogP contribution is -2.76. The van der Waals surface area contributed by atoms with E-state index in [0.29, 0.717) is 0 Å². The van der Waals surface area contributed by atoms with Crippen LogP contribution >= 0.6 is 0 Å². The van der Waals surface area contributed by atoms with Gasteiger partial charge in [0.25, 0.3) is 0 Å². The topological polar surface area (TPSA) is 3.88 Å². The lowest BCUT2D eigenvalue weighted by molar-refractivity contribution is -0.660. The summed E-state index contributed by atoms with van der Waals surface area (Å²) in [5.41, 5.74) is 19.3. The Balaban J connectivity index is 1.80. The van der Waals surface area contributed by atoms with Gasteiger partial charge in [-0.3, -0.25) is 0 Å². The Hall–Kier alpha value is -3.84. The number of benzene rings is 4. The second-order valence-corrected chi connectivity index (χ2v) is 11.6. The lowest BCUT2D eigenvalue weighted by Gasteiger charge is -2.36. The third kappa shape index (κ3) is 4.07. The van der Waals surface area contributed by atoms with Gasteiger partial charge in [-0.15, -0.1) is 0 Å². The van der Waals surface area contributed by atoms with Crippen LogP contribution in [-0.2, 0) is 7.05 Å². The molecule has 0 unspecified atom stereocenters. The van der Waals surface area contributed by atoms with Crippen molar-refractivity contribution in [3.63, 3.8) is 0 Å². The summed E-state index contributed by atoms with van der Waals surface area (Å²) in [6.45, 7) is 13.9. The monoisotopic (exact) mass is 504 g/mol. The van der Waals surface area contributed by atoms with E-state index in [0.717, 1.165) is 0 Å². The van der Waals surface area contributed by atoms with Crippen molar-refractivity contribution in [3.8, 4) is 11.3 Å². The standard InChI is InChI=1S/C36H36B2N/c1-23-18-21-32(39(7)22-23)33-24(2)19-20-31-36(33)38(35-27(5)14-11-15-28(35)6)30-17-9-8-16-29(30)37(31)34-25(3)12-10-13-26(34)4/h8-22H,1-7H3/q+1. The fraction of sp³-hybridized carbons (Fsp3) is 0.194. The molecule has 6 rings (SSSR count). The minimum absolute atomic E-state index is 0.161. The Kier molecular flexibility index (Phi) is 6.34. The first kappa shape index (κ1) is 25.4. The normalized spacial score (nSPS) is 12.4. The van der Waals surface area contributed by atoms with Gasteiger partial charge in [-0.1, -0.05) is 128 Å². The van der Waals surface area contributed by atoms with E-state index in [-0.39, 0.29) is 13.4 Å². The zero-order chi connectivity index (χ0) is 27.4. The molecule has 0 amide bonds. The van der Waals surface area contributed by atoms with E-state index in [2.05, 4.69) is 144 Å². The van der Waals surface area contributed by atoms with Gasteiger partial charge in [-0.05, 0) is 53.2 Å². The maximum atomic E-state index is 2.43. The Labute approximate surface area is 234 Å². The van der Waals surface area contributed by atoms with Crippen LogP contribution in [-0.4, -0.2) is 13.4 Å². The summed E-state index contributed by atoms with van der Waals surface area (Å²) in [4.78, 5) is 0. The van der Waals surface area contributed by atoms with Gasteiger partial charge in [0, 0.05) is 17.2 Å². The average molecular weight is 504 g/mol. The van der Waals surface area contributed by atoms with Crippen LogP contribution in [0.5, 0.6) is 0 Å². The molecule has 0 radical (unpaired) electrons. The van der Waals surface area contributed by atoms with Gasteiger partial charge in [0.2, 0.25) is 19.1 Å². The molecule has 1 aliphatic rings. The smallest absolute Gasteiger partial charge is 0.201 e. The van der Waals surface area contributed by atoms with Crippen molar-refractivity contribution >= 4 is 46.2 Å². The predicted molar refractivity (Wildman–Crippen MR) is 170 cm³/mol. The Morgan fingerprint density at radius 2 is 1.00 bits per heavy atom. The van der Waals surface area contributed by atoms with Crippen molar-refractivity contribution in [1.82, 2.24) is 0 Å².